The second-order valence-electron chi connectivity index (χ2n) is 5.12. The number of ether oxygens (including phenoxy) is 1. The number of benzene rings is 2. The summed E-state index contributed by atoms with van der Waals surface area (Å²) in [4.78, 5) is 8.76. The van der Waals surface area contributed by atoms with Gasteiger partial charge in [0.1, 0.15) is 11.6 Å². The van der Waals surface area contributed by atoms with E-state index in [4.69, 9.17) is 22.1 Å². The molecule has 6 heteroatoms. The molecule has 1 aromatic heterocycles. The molecule has 0 radical (unpaired) electrons. The standard InChI is InChI=1S/C18H17ClN4O/c1-21-17-15(12-8-9-14(24-2)13(19)10-12)16(22-18(20)23-17)11-6-4-3-5-7-11/h3-10H,1-2H3,(H3,20,21,22,23). The van der Waals surface area contributed by atoms with E-state index in [0.717, 1.165) is 22.4 Å². The number of nitrogen functional groups attached to an aromatic ring is 1. The minimum atomic E-state index is 0.210. The molecule has 24 heavy (non-hydrogen) atoms. The van der Waals surface area contributed by atoms with Crippen LogP contribution in [-0.2, 0) is 0 Å². The highest BCUT2D eigenvalue weighted by molar-refractivity contribution is 6.32. The number of nitrogens with two attached hydrogens (primary N) is 1. The molecule has 0 aliphatic carbocycles. The number of hydrogen-bond acceptors (Lipinski definition) is 5. The third-order valence-corrected chi connectivity index (χ3v) is 3.95. The minimum Gasteiger partial charge on any atom is -0.495 e. The van der Waals surface area contributed by atoms with Gasteiger partial charge in [-0.05, 0) is 17.7 Å². The Labute approximate surface area is 145 Å². The van der Waals surface area contributed by atoms with Crippen LogP contribution in [0.25, 0.3) is 22.4 Å². The highest BCUT2D eigenvalue weighted by Crippen LogP contribution is 2.38. The topological polar surface area (TPSA) is 73.1 Å². The molecule has 5 nitrogen and oxygen atoms in total. The van der Waals surface area contributed by atoms with Gasteiger partial charge in [-0.1, -0.05) is 48.0 Å². The molecule has 0 aliphatic heterocycles. The number of halogens is 1. The first kappa shape index (κ1) is 16.1. The highest BCUT2D eigenvalue weighted by atomic mass is 35.5. The van der Waals surface area contributed by atoms with Crippen molar-refractivity contribution in [3.8, 4) is 28.1 Å². The molecule has 0 atom stereocenters. The number of rotatable bonds is 4. The summed E-state index contributed by atoms with van der Waals surface area (Å²) in [5.74, 6) is 1.47. The first-order valence-electron chi connectivity index (χ1n) is 7.38. The van der Waals surface area contributed by atoms with Crippen LogP contribution < -0.4 is 15.8 Å². The molecule has 3 N–H and O–H groups in total. The average molecular weight is 341 g/mol. The summed E-state index contributed by atoms with van der Waals surface area (Å²) in [5, 5.41) is 3.61. The Morgan fingerprint density at radius 2 is 1.79 bits per heavy atom. The van der Waals surface area contributed by atoms with Crippen LogP contribution in [0.15, 0.2) is 48.5 Å². The van der Waals surface area contributed by atoms with Crippen molar-refractivity contribution in [1.82, 2.24) is 9.97 Å². The Kier molecular flexibility index (Phi) is 4.53. The molecule has 3 rings (SSSR count). The van der Waals surface area contributed by atoms with Crippen molar-refractivity contribution in [3.63, 3.8) is 0 Å². The van der Waals surface area contributed by atoms with Gasteiger partial charge in [-0.25, -0.2) is 4.98 Å². The third kappa shape index (κ3) is 2.98. The molecular formula is C18H17ClN4O. The number of aromatic nitrogens is 2. The molecule has 1 heterocycles. The summed E-state index contributed by atoms with van der Waals surface area (Å²) in [6, 6.07) is 15.4. The predicted molar refractivity (Wildman–Crippen MR) is 98.4 cm³/mol. The lowest BCUT2D eigenvalue weighted by Crippen LogP contribution is -2.05. The molecular weight excluding hydrogens is 324 g/mol. The zero-order valence-electron chi connectivity index (χ0n) is 13.4. The van der Waals surface area contributed by atoms with E-state index < -0.39 is 0 Å². The Hall–Kier alpha value is -2.79. The second kappa shape index (κ2) is 6.76. The fourth-order valence-electron chi connectivity index (χ4n) is 2.56. The van der Waals surface area contributed by atoms with Crippen LogP contribution in [0, 0.1) is 0 Å². The Morgan fingerprint density at radius 3 is 2.42 bits per heavy atom. The summed E-state index contributed by atoms with van der Waals surface area (Å²) in [5.41, 5.74) is 9.29. The number of hydrogen-bond donors (Lipinski definition) is 2. The first-order chi connectivity index (χ1) is 11.6. The molecule has 122 valence electrons. The number of nitrogens with one attached hydrogen (secondary N) is 1. The van der Waals surface area contributed by atoms with Gasteiger partial charge in [-0.3, -0.25) is 0 Å². The van der Waals surface area contributed by atoms with Gasteiger partial charge in [0, 0.05) is 12.6 Å². The van der Waals surface area contributed by atoms with Crippen molar-refractivity contribution >= 4 is 23.4 Å². The molecule has 0 fully saturated rings. The molecule has 2 aromatic carbocycles. The van der Waals surface area contributed by atoms with Crippen molar-refractivity contribution in [2.24, 2.45) is 0 Å². The fraction of sp³-hybridized carbons (Fsp3) is 0.111. The van der Waals surface area contributed by atoms with Crippen LogP contribution >= 0.6 is 11.6 Å². The Bertz CT molecular complexity index is 868. The highest BCUT2D eigenvalue weighted by Gasteiger charge is 2.17. The van der Waals surface area contributed by atoms with E-state index in [0.29, 0.717) is 16.6 Å². The number of anilines is 2. The maximum Gasteiger partial charge on any atom is 0.222 e. The molecule has 0 unspecified atom stereocenters. The maximum absolute atomic E-state index is 6.29. The summed E-state index contributed by atoms with van der Waals surface area (Å²) in [6.45, 7) is 0. The smallest absolute Gasteiger partial charge is 0.222 e. The van der Waals surface area contributed by atoms with E-state index in [1.54, 1.807) is 14.2 Å². The van der Waals surface area contributed by atoms with Crippen molar-refractivity contribution < 1.29 is 4.74 Å². The maximum atomic E-state index is 6.29. The van der Waals surface area contributed by atoms with Gasteiger partial charge in [0.05, 0.1) is 23.4 Å². The van der Waals surface area contributed by atoms with Crippen molar-refractivity contribution in [1.29, 1.82) is 0 Å². The fourth-order valence-corrected chi connectivity index (χ4v) is 2.82. The normalized spacial score (nSPS) is 10.5. The van der Waals surface area contributed by atoms with Crippen molar-refractivity contribution in [2.45, 2.75) is 0 Å². The van der Waals surface area contributed by atoms with Gasteiger partial charge in [-0.2, -0.15) is 4.98 Å². The van der Waals surface area contributed by atoms with Crippen LogP contribution in [0.1, 0.15) is 0 Å². The lowest BCUT2D eigenvalue weighted by molar-refractivity contribution is 0.415. The lowest BCUT2D eigenvalue weighted by atomic mass is 9.99. The molecule has 0 aliphatic rings. The molecule has 0 spiro atoms. The molecule has 0 amide bonds. The number of nitrogens with zero attached hydrogens (tertiary/aromatic N) is 2. The van der Waals surface area contributed by atoms with E-state index in [2.05, 4.69) is 15.3 Å². The van der Waals surface area contributed by atoms with Crippen LogP contribution in [0.4, 0.5) is 11.8 Å². The lowest BCUT2D eigenvalue weighted by Gasteiger charge is -2.15. The molecule has 0 saturated heterocycles. The van der Waals surface area contributed by atoms with Crippen LogP contribution in [-0.4, -0.2) is 24.1 Å². The largest absolute Gasteiger partial charge is 0.495 e. The van der Waals surface area contributed by atoms with Crippen LogP contribution in [0.2, 0.25) is 5.02 Å². The zero-order valence-corrected chi connectivity index (χ0v) is 14.1. The monoisotopic (exact) mass is 340 g/mol. The second-order valence-corrected chi connectivity index (χ2v) is 5.53. The van der Waals surface area contributed by atoms with E-state index in [9.17, 15) is 0 Å². The minimum absolute atomic E-state index is 0.210. The molecule has 0 bridgehead atoms. The van der Waals surface area contributed by atoms with Crippen LogP contribution in [0.3, 0.4) is 0 Å². The van der Waals surface area contributed by atoms with Gasteiger partial charge in [0.15, 0.2) is 0 Å². The van der Waals surface area contributed by atoms with E-state index in [1.807, 2.05) is 48.5 Å². The average Bonchev–Trinajstić information content (AvgIpc) is 2.61. The van der Waals surface area contributed by atoms with Crippen LogP contribution in [0.5, 0.6) is 5.75 Å². The third-order valence-electron chi connectivity index (χ3n) is 3.65. The van der Waals surface area contributed by atoms with Gasteiger partial charge in [-0.15, -0.1) is 0 Å². The van der Waals surface area contributed by atoms with E-state index in [1.165, 1.54) is 0 Å². The molecule has 0 saturated carbocycles. The quantitative estimate of drug-likeness (QED) is 0.748. The van der Waals surface area contributed by atoms with Gasteiger partial charge >= 0.3 is 0 Å². The summed E-state index contributed by atoms with van der Waals surface area (Å²) >= 11 is 6.29. The summed E-state index contributed by atoms with van der Waals surface area (Å²) in [6.07, 6.45) is 0. The van der Waals surface area contributed by atoms with Gasteiger partial charge in [0.25, 0.3) is 0 Å². The SMILES string of the molecule is CNc1nc(N)nc(-c2ccccc2)c1-c1ccc(OC)c(Cl)c1. The summed E-state index contributed by atoms with van der Waals surface area (Å²) < 4.78 is 5.23. The predicted octanol–water partition coefficient (Wildman–Crippen LogP) is 4.10. The first-order valence-corrected chi connectivity index (χ1v) is 7.76. The Morgan fingerprint density at radius 1 is 1.04 bits per heavy atom. The van der Waals surface area contributed by atoms with Crippen molar-refractivity contribution in [2.75, 3.05) is 25.2 Å². The van der Waals surface area contributed by atoms with Gasteiger partial charge in [0.2, 0.25) is 5.95 Å². The van der Waals surface area contributed by atoms with E-state index in [-0.39, 0.29) is 5.95 Å². The zero-order chi connectivity index (χ0) is 17.1. The summed E-state index contributed by atoms with van der Waals surface area (Å²) in [7, 11) is 3.38. The number of methoxy groups -OCH3 is 1. The van der Waals surface area contributed by atoms with Crippen molar-refractivity contribution in [3.05, 3.63) is 53.6 Å². The van der Waals surface area contributed by atoms with E-state index >= 15 is 0 Å². The Balaban J connectivity index is 2.28. The van der Waals surface area contributed by atoms with Gasteiger partial charge < -0.3 is 15.8 Å². The molecule has 3 aromatic rings.